The number of nitrogens with zero attached hydrogens (tertiary/aromatic N) is 3. The minimum absolute atomic E-state index is 0.0703. The molecule has 0 spiro atoms. The lowest BCUT2D eigenvalue weighted by Gasteiger charge is -2.30. The summed E-state index contributed by atoms with van der Waals surface area (Å²) in [5.74, 6) is 1.73. The predicted octanol–water partition coefficient (Wildman–Crippen LogP) is 0.351. The molecule has 1 atom stereocenters. The summed E-state index contributed by atoms with van der Waals surface area (Å²) in [4.78, 5) is 18.2. The Balaban J connectivity index is 1.79. The molecule has 0 saturated carbocycles. The highest BCUT2D eigenvalue weighted by molar-refractivity contribution is 5.75. The van der Waals surface area contributed by atoms with Gasteiger partial charge in [0, 0.05) is 39.0 Å². The van der Waals surface area contributed by atoms with Crippen molar-refractivity contribution in [3.63, 3.8) is 0 Å². The van der Waals surface area contributed by atoms with Crippen molar-refractivity contribution >= 4 is 5.91 Å². The van der Waals surface area contributed by atoms with Gasteiger partial charge in [-0.2, -0.15) is 4.98 Å². The summed E-state index contributed by atoms with van der Waals surface area (Å²) < 4.78 is 5.26. The molecule has 7 nitrogen and oxygen atoms in total. The molecule has 1 aromatic rings. The monoisotopic (exact) mass is 295 g/mol. The topological polar surface area (TPSA) is 83.3 Å². The van der Waals surface area contributed by atoms with Gasteiger partial charge < -0.3 is 15.2 Å². The number of likely N-dealkylation sites (N-methyl/N-ethyl adjacent to an activating group) is 1. The molecule has 1 aliphatic rings. The molecular weight excluding hydrogens is 270 g/mol. The molecule has 1 aliphatic heterocycles. The zero-order valence-corrected chi connectivity index (χ0v) is 13.1. The fraction of sp³-hybridized carbons (Fsp3) is 0.786. The van der Waals surface area contributed by atoms with Crippen LogP contribution < -0.4 is 10.6 Å². The van der Waals surface area contributed by atoms with Gasteiger partial charge in [-0.1, -0.05) is 19.0 Å². The molecule has 1 aromatic heterocycles. The summed E-state index contributed by atoms with van der Waals surface area (Å²) >= 11 is 0. The van der Waals surface area contributed by atoms with E-state index in [1.54, 1.807) is 0 Å². The molecule has 0 radical (unpaired) electrons. The molecule has 118 valence electrons. The summed E-state index contributed by atoms with van der Waals surface area (Å²) in [6.07, 6.45) is 1.12. The van der Waals surface area contributed by atoms with Crippen LogP contribution in [-0.2, 0) is 11.2 Å². The van der Waals surface area contributed by atoms with Crippen LogP contribution in [0.15, 0.2) is 4.52 Å². The van der Waals surface area contributed by atoms with Gasteiger partial charge in [0.2, 0.25) is 11.8 Å². The third-order valence-electron chi connectivity index (χ3n) is 3.55. The number of aromatic nitrogens is 2. The number of amides is 1. The van der Waals surface area contributed by atoms with E-state index in [0.717, 1.165) is 19.6 Å². The van der Waals surface area contributed by atoms with Gasteiger partial charge in [0.25, 0.3) is 0 Å². The third-order valence-corrected chi connectivity index (χ3v) is 3.55. The van der Waals surface area contributed by atoms with Gasteiger partial charge in [-0.05, 0) is 13.0 Å². The molecule has 1 amide bonds. The Bertz CT molecular complexity index is 460. The van der Waals surface area contributed by atoms with E-state index in [1.165, 1.54) is 0 Å². The number of hydrogen-bond donors (Lipinski definition) is 2. The summed E-state index contributed by atoms with van der Waals surface area (Å²) in [5, 5.41) is 10.3. The van der Waals surface area contributed by atoms with E-state index in [2.05, 4.69) is 32.7 Å². The Labute approximate surface area is 125 Å². The third kappa shape index (κ3) is 4.78. The van der Waals surface area contributed by atoms with Crippen LogP contribution >= 0.6 is 0 Å². The Kier molecular flexibility index (Phi) is 5.69. The average Bonchev–Trinajstić information content (AvgIpc) is 2.87. The van der Waals surface area contributed by atoms with Crippen LogP contribution in [0.1, 0.15) is 38.0 Å². The second kappa shape index (κ2) is 7.51. The van der Waals surface area contributed by atoms with Crippen molar-refractivity contribution in [1.29, 1.82) is 0 Å². The van der Waals surface area contributed by atoms with E-state index in [-0.39, 0.29) is 11.9 Å². The van der Waals surface area contributed by atoms with Crippen LogP contribution in [0.5, 0.6) is 0 Å². The molecule has 0 bridgehead atoms. The maximum absolute atomic E-state index is 11.5. The van der Waals surface area contributed by atoms with E-state index in [1.807, 2.05) is 13.8 Å². The zero-order chi connectivity index (χ0) is 15.2. The number of hydrogen-bond acceptors (Lipinski definition) is 6. The quantitative estimate of drug-likeness (QED) is 0.788. The largest absolute Gasteiger partial charge is 0.356 e. The predicted molar refractivity (Wildman–Crippen MR) is 78.7 cm³/mol. The van der Waals surface area contributed by atoms with Crippen LogP contribution in [0, 0.1) is 5.92 Å². The summed E-state index contributed by atoms with van der Waals surface area (Å²) in [6, 6.07) is 0.159. The van der Waals surface area contributed by atoms with Crippen molar-refractivity contribution in [3.8, 4) is 0 Å². The first-order valence-electron chi connectivity index (χ1n) is 7.56. The van der Waals surface area contributed by atoms with Gasteiger partial charge in [0.15, 0.2) is 5.82 Å². The molecule has 1 fully saturated rings. The van der Waals surface area contributed by atoms with Crippen LogP contribution in [-0.4, -0.2) is 54.2 Å². The molecule has 0 aromatic carbocycles. The van der Waals surface area contributed by atoms with Crippen molar-refractivity contribution in [2.75, 3.05) is 33.2 Å². The maximum Gasteiger partial charge on any atom is 0.228 e. The lowest BCUT2D eigenvalue weighted by Crippen LogP contribution is -2.44. The minimum atomic E-state index is 0.0703. The highest BCUT2D eigenvalue weighted by atomic mass is 16.5. The van der Waals surface area contributed by atoms with Crippen LogP contribution in [0.4, 0.5) is 0 Å². The van der Waals surface area contributed by atoms with Crippen molar-refractivity contribution < 1.29 is 9.32 Å². The molecule has 2 heterocycles. The van der Waals surface area contributed by atoms with E-state index >= 15 is 0 Å². The zero-order valence-electron chi connectivity index (χ0n) is 13.1. The molecule has 21 heavy (non-hydrogen) atoms. The molecule has 2 rings (SSSR count). The molecular formula is C14H25N5O2. The molecule has 1 unspecified atom stereocenters. The number of rotatable bonds is 6. The Hall–Kier alpha value is -1.47. The number of nitrogens with one attached hydrogen (secondary N) is 2. The van der Waals surface area contributed by atoms with Gasteiger partial charge in [0.1, 0.15) is 0 Å². The summed E-state index contributed by atoms with van der Waals surface area (Å²) in [7, 11) is 2.06. The highest BCUT2D eigenvalue weighted by Crippen LogP contribution is 2.17. The first kappa shape index (κ1) is 15.9. The van der Waals surface area contributed by atoms with E-state index in [4.69, 9.17) is 4.52 Å². The lowest BCUT2D eigenvalue weighted by molar-refractivity contribution is -0.121. The molecule has 7 heteroatoms. The van der Waals surface area contributed by atoms with Crippen molar-refractivity contribution in [2.24, 2.45) is 5.92 Å². The van der Waals surface area contributed by atoms with Crippen molar-refractivity contribution in [1.82, 2.24) is 25.7 Å². The fourth-order valence-electron chi connectivity index (χ4n) is 2.35. The van der Waals surface area contributed by atoms with E-state index in [0.29, 0.717) is 37.0 Å². The van der Waals surface area contributed by atoms with Gasteiger partial charge in [-0.15, -0.1) is 0 Å². The first-order chi connectivity index (χ1) is 10.1. The lowest BCUT2D eigenvalue weighted by atomic mass is 10.1. The second-order valence-electron chi connectivity index (χ2n) is 5.94. The summed E-state index contributed by atoms with van der Waals surface area (Å²) in [6.45, 7) is 7.38. The van der Waals surface area contributed by atoms with Crippen molar-refractivity contribution in [2.45, 2.75) is 32.7 Å². The second-order valence-corrected chi connectivity index (χ2v) is 5.94. The Morgan fingerprint density at radius 2 is 2.38 bits per heavy atom. The number of carbonyl (C=O) groups is 1. The van der Waals surface area contributed by atoms with E-state index < -0.39 is 0 Å². The van der Waals surface area contributed by atoms with Crippen LogP contribution in [0.2, 0.25) is 0 Å². The first-order valence-corrected chi connectivity index (χ1v) is 7.56. The summed E-state index contributed by atoms with van der Waals surface area (Å²) in [5.41, 5.74) is 0. The highest BCUT2D eigenvalue weighted by Gasteiger charge is 2.25. The molecule has 1 saturated heterocycles. The van der Waals surface area contributed by atoms with Gasteiger partial charge >= 0.3 is 0 Å². The average molecular weight is 295 g/mol. The van der Waals surface area contributed by atoms with Gasteiger partial charge in [-0.25, -0.2) is 0 Å². The van der Waals surface area contributed by atoms with Crippen LogP contribution in [0.3, 0.4) is 0 Å². The van der Waals surface area contributed by atoms with E-state index in [9.17, 15) is 4.79 Å². The maximum atomic E-state index is 11.5. The SMILES string of the molecule is CC(C)CC(=O)NCCc1nc(C2CNCCN2C)no1. The number of carbonyl (C=O) groups excluding carboxylic acids is 1. The van der Waals surface area contributed by atoms with Crippen LogP contribution in [0.25, 0.3) is 0 Å². The fourth-order valence-corrected chi connectivity index (χ4v) is 2.35. The minimum Gasteiger partial charge on any atom is -0.356 e. The Morgan fingerprint density at radius 1 is 1.57 bits per heavy atom. The molecule has 2 N–H and O–H groups in total. The van der Waals surface area contributed by atoms with Gasteiger partial charge in [-0.3, -0.25) is 9.69 Å². The smallest absolute Gasteiger partial charge is 0.228 e. The standard InChI is InChI=1S/C14H25N5O2/c1-10(2)8-12(20)16-5-4-13-17-14(18-21-13)11-9-15-6-7-19(11)3/h10-11,15H,4-9H2,1-3H3,(H,16,20). The van der Waals surface area contributed by atoms with Gasteiger partial charge in [0.05, 0.1) is 6.04 Å². The number of piperazine rings is 1. The Morgan fingerprint density at radius 3 is 3.10 bits per heavy atom. The molecule has 0 aliphatic carbocycles. The van der Waals surface area contributed by atoms with Crippen molar-refractivity contribution in [3.05, 3.63) is 11.7 Å². The normalized spacial score (nSPS) is 19.9.